The minimum Gasteiger partial charge on any atom is -0.382 e. The lowest BCUT2D eigenvalue weighted by atomic mass is 10.1. The molecule has 9 heteroatoms. The Kier molecular flexibility index (Phi) is 3.89. The summed E-state index contributed by atoms with van der Waals surface area (Å²) in [6.07, 6.45) is 1.24. The third kappa shape index (κ3) is 3.19. The molecule has 1 saturated heterocycles. The lowest BCUT2D eigenvalue weighted by molar-refractivity contribution is 0.560. The number of anilines is 2. The van der Waals surface area contributed by atoms with Crippen molar-refractivity contribution in [3.63, 3.8) is 0 Å². The van der Waals surface area contributed by atoms with Gasteiger partial charge in [-0.25, -0.2) is 13.4 Å². The zero-order valence-electron chi connectivity index (χ0n) is 11.5. The molecular formula is C12H16N4O2S3. The predicted molar refractivity (Wildman–Crippen MR) is 87.7 cm³/mol. The van der Waals surface area contributed by atoms with E-state index in [1.54, 1.807) is 0 Å². The van der Waals surface area contributed by atoms with Crippen molar-refractivity contribution < 1.29 is 8.42 Å². The molecule has 1 fully saturated rings. The van der Waals surface area contributed by atoms with Crippen LogP contribution in [0.2, 0.25) is 0 Å². The summed E-state index contributed by atoms with van der Waals surface area (Å²) in [7, 11) is -2.85. The zero-order chi connectivity index (χ0) is 15.0. The topological polar surface area (TPSA) is 98.0 Å². The van der Waals surface area contributed by atoms with E-state index >= 15 is 0 Å². The highest BCUT2D eigenvalue weighted by Gasteiger charge is 2.25. The smallest absolute Gasteiger partial charge is 0.150 e. The van der Waals surface area contributed by atoms with Gasteiger partial charge in [0.1, 0.15) is 25.7 Å². The van der Waals surface area contributed by atoms with E-state index in [-0.39, 0.29) is 17.5 Å². The van der Waals surface area contributed by atoms with E-state index in [9.17, 15) is 8.42 Å². The van der Waals surface area contributed by atoms with Crippen molar-refractivity contribution in [1.29, 1.82) is 0 Å². The fourth-order valence-corrected chi connectivity index (χ4v) is 5.50. The summed E-state index contributed by atoms with van der Waals surface area (Å²) in [5.41, 5.74) is 7.75. The first-order chi connectivity index (χ1) is 9.94. The fraction of sp³-hybridized carbons (Fsp3) is 0.500. The number of hydrogen-bond acceptors (Lipinski definition) is 8. The van der Waals surface area contributed by atoms with E-state index in [1.165, 1.54) is 22.9 Å². The number of rotatable bonds is 3. The summed E-state index contributed by atoms with van der Waals surface area (Å²) in [6, 6.07) is 0.146. The Morgan fingerprint density at radius 1 is 1.38 bits per heavy atom. The maximum Gasteiger partial charge on any atom is 0.150 e. The van der Waals surface area contributed by atoms with Crippen molar-refractivity contribution in [2.75, 3.05) is 22.6 Å². The van der Waals surface area contributed by atoms with E-state index < -0.39 is 9.84 Å². The maximum atomic E-state index is 11.5. The van der Waals surface area contributed by atoms with Gasteiger partial charge in [-0.2, -0.15) is 4.37 Å². The number of nitrogens with zero attached hydrogens (tertiary/aromatic N) is 2. The second-order valence-corrected chi connectivity index (χ2v) is 9.07. The van der Waals surface area contributed by atoms with E-state index in [1.807, 2.05) is 12.3 Å². The van der Waals surface area contributed by atoms with E-state index in [0.29, 0.717) is 18.7 Å². The predicted octanol–water partition coefficient (Wildman–Crippen LogP) is 2.15. The monoisotopic (exact) mass is 344 g/mol. The number of aromatic nitrogens is 2. The molecule has 0 bridgehead atoms. The maximum absolute atomic E-state index is 11.5. The van der Waals surface area contributed by atoms with Crippen LogP contribution in [0.15, 0.2) is 5.38 Å². The van der Waals surface area contributed by atoms with Crippen LogP contribution in [0, 0.1) is 6.92 Å². The lowest BCUT2D eigenvalue weighted by Crippen LogP contribution is -2.32. The SMILES string of the molecule is Cc1csc(-c2c(N)nsc2NC2CCS(=O)(=O)CC2)n1. The van der Waals surface area contributed by atoms with Gasteiger partial charge in [-0.05, 0) is 31.3 Å². The third-order valence-corrected chi connectivity index (χ3v) is 6.93. The number of thiazole rings is 1. The molecule has 0 spiro atoms. The molecule has 0 aromatic carbocycles. The first-order valence-corrected chi connectivity index (χ1v) is 10.1. The van der Waals surface area contributed by atoms with Crippen LogP contribution in [0.5, 0.6) is 0 Å². The summed E-state index contributed by atoms with van der Waals surface area (Å²) < 4.78 is 27.2. The molecule has 3 N–H and O–H groups in total. The summed E-state index contributed by atoms with van der Waals surface area (Å²) in [5.74, 6) is 0.954. The molecule has 3 rings (SSSR count). The van der Waals surface area contributed by atoms with Gasteiger partial charge in [0.2, 0.25) is 0 Å². The van der Waals surface area contributed by atoms with Crippen LogP contribution in [-0.2, 0) is 9.84 Å². The molecule has 2 aromatic rings. The van der Waals surface area contributed by atoms with Gasteiger partial charge in [-0.15, -0.1) is 11.3 Å². The van der Waals surface area contributed by atoms with Crippen molar-refractivity contribution in [3.8, 4) is 10.6 Å². The largest absolute Gasteiger partial charge is 0.382 e. The molecule has 114 valence electrons. The molecule has 6 nitrogen and oxygen atoms in total. The molecule has 0 atom stereocenters. The van der Waals surface area contributed by atoms with Crippen LogP contribution in [0.4, 0.5) is 10.8 Å². The van der Waals surface area contributed by atoms with Crippen LogP contribution in [0.1, 0.15) is 18.5 Å². The number of nitrogen functional groups attached to an aromatic ring is 1. The molecule has 1 aliphatic heterocycles. The zero-order valence-corrected chi connectivity index (χ0v) is 13.9. The highest BCUT2D eigenvalue weighted by Crippen LogP contribution is 2.39. The summed E-state index contributed by atoms with van der Waals surface area (Å²) in [5, 5.41) is 7.10. The molecule has 0 unspecified atom stereocenters. The summed E-state index contributed by atoms with van der Waals surface area (Å²) >= 11 is 2.84. The Labute approximate surface area is 131 Å². The third-order valence-electron chi connectivity index (χ3n) is 3.44. The summed E-state index contributed by atoms with van der Waals surface area (Å²) in [4.78, 5) is 4.46. The molecular weight excluding hydrogens is 328 g/mol. The van der Waals surface area contributed by atoms with Gasteiger partial charge in [-0.3, -0.25) is 0 Å². The molecule has 0 radical (unpaired) electrons. The van der Waals surface area contributed by atoms with Crippen LogP contribution < -0.4 is 11.1 Å². The molecule has 3 heterocycles. The highest BCUT2D eigenvalue weighted by molar-refractivity contribution is 7.91. The standard InChI is InChI=1S/C12H16N4O2S3/c1-7-6-19-11(14-7)9-10(13)16-20-12(9)15-8-2-4-21(17,18)5-3-8/h6,8,15H,2-5H2,1H3,(H2,13,16). The molecule has 21 heavy (non-hydrogen) atoms. The Morgan fingerprint density at radius 2 is 2.10 bits per heavy atom. The highest BCUT2D eigenvalue weighted by atomic mass is 32.2. The van der Waals surface area contributed by atoms with E-state index in [4.69, 9.17) is 5.73 Å². The fourth-order valence-electron chi connectivity index (χ4n) is 2.30. The number of nitrogens with one attached hydrogen (secondary N) is 1. The van der Waals surface area contributed by atoms with Crippen LogP contribution in [0.3, 0.4) is 0 Å². The van der Waals surface area contributed by atoms with Crippen molar-refractivity contribution in [2.45, 2.75) is 25.8 Å². The first kappa shape index (κ1) is 14.7. The number of nitrogens with two attached hydrogens (primary N) is 1. The van der Waals surface area contributed by atoms with Crippen LogP contribution in [0.25, 0.3) is 10.6 Å². The van der Waals surface area contributed by atoms with Crippen molar-refractivity contribution >= 4 is 43.5 Å². The number of hydrogen-bond donors (Lipinski definition) is 2. The van der Waals surface area contributed by atoms with Crippen molar-refractivity contribution in [2.24, 2.45) is 0 Å². The Morgan fingerprint density at radius 3 is 2.71 bits per heavy atom. The van der Waals surface area contributed by atoms with Gasteiger partial charge in [0, 0.05) is 17.1 Å². The van der Waals surface area contributed by atoms with E-state index in [2.05, 4.69) is 14.7 Å². The van der Waals surface area contributed by atoms with Gasteiger partial charge in [0.05, 0.1) is 17.1 Å². The molecule has 2 aromatic heterocycles. The van der Waals surface area contributed by atoms with Crippen molar-refractivity contribution in [1.82, 2.24) is 9.36 Å². The van der Waals surface area contributed by atoms with Crippen molar-refractivity contribution in [3.05, 3.63) is 11.1 Å². The van der Waals surface area contributed by atoms with Gasteiger partial charge >= 0.3 is 0 Å². The quantitative estimate of drug-likeness (QED) is 0.885. The van der Waals surface area contributed by atoms with Crippen LogP contribution >= 0.6 is 22.9 Å². The summed E-state index contributed by atoms with van der Waals surface area (Å²) in [6.45, 7) is 1.94. The molecule has 0 saturated carbocycles. The van der Waals surface area contributed by atoms with Gasteiger partial charge in [0.25, 0.3) is 0 Å². The molecule has 0 amide bonds. The number of sulfone groups is 1. The Bertz CT molecular complexity index is 736. The normalized spacial score (nSPS) is 18.7. The Balaban J connectivity index is 1.81. The van der Waals surface area contributed by atoms with E-state index in [0.717, 1.165) is 21.3 Å². The lowest BCUT2D eigenvalue weighted by Gasteiger charge is -2.23. The second kappa shape index (κ2) is 5.54. The molecule has 0 aliphatic carbocycles. The Hall–Kier alpha value is -1.19. The second-order valence-electron chi connectivity index (χ2n) is 5.14. The first-order valence-electron chi connectivity index (χ1n) is 6.59. The van der Waals surface area contributed by atoms with Gasteiger partial charge in [0.15, 0.2) is 0 Å². The minimum atomic E-state index is -2.85. The molecule has 1 aliphatic rings. The van der Waals surface area contributed by atoms with Crippen LogP contribution in [-0.4, -0.2) is 35.3 Å². The number of aryl methyl sites for hydroxylation is 1. The average Bonchev–Trinajstić information content (AvgIpc) is 2.99. The van der Waals surface area contributed by atoms with Gasteiger partial charge < -0.3 is 11.1 Å². The average molecular weight is 344 g/mol. The minimum absolute atomic E-state index is 0.146. The van der Waals surface area contributed by atoms with Gasteiger partial charge in [-0.1, -0.05) is 0 Å².